The lowest BCUT2D eigenvalue weighted by Crippen LogP contribution is -2.10. The predicted molar refractivity (Wildman–Crippen MR) is 92.8 cm³/mol. The molecule has 0 spiro atoms. The van der Waals surface area contributed by atoms with Gasteiger partial charge in [0.2, 0.25) is 5.91 Å². The number of carbonyl (C=O) groups is 1. The summed E-state index contributed by atoms with van der Waals surface area (Å²) in [6, 6.07) is 6.07. The van der Waals surface area contributed by atoms with Crippen molar-refractivity contribution in [1.29, 1.82) is 0 Å². The average molecular weight is 365 g/mol. The topological polar surface area (TPSA) is 47.6 Å². The van der Waals surface area contributed by atoms with Crippen molar-refractivity contribution in [3.05, 3.63) is 59.4 Å². The second kappa shape index (κ2) is 8.94. The molecule has 26 heavy (non-hydrogen) atoms. The molecule has 0 aliphatic rings. The van der Waals surface area contributed by atoms with Gasteiger partial charge in [-0.2, -0.15) is 0 Å². The Hall–Kier alpha value is -2.96. The Kier molecular flexibility index (Phi) is 6.66. The largest absolute Gasteiger partial charge is 0.490 e. The van der Waals surface area contributed by atoms with Crippen molar-refractivity contribution in [3.63, 3.8) is 0 Å². The summed E-state index contributed by atoms with van der Waals surface area (Å²) >= 11 is 0. The SMILES string of the molecule is CCOc1ccc(/C=C/C(=O)Nc2cc(F)c(F)cc2F)cc1OCC. The number of halogens is 3. The van der Waals surface area contributed by atoms with Gasteiger partial charge in [0.15, 0.2) is 23.1 Å². The van der Waals surface area contributed by atoms with Gasteiger partial charge in [-0.05, 0) is 37.6 Å². The van der Waals surface area contributed by atoms with E-state index in [9.17, 15) is 18.0 Å². The van der Waals surface area contributed by atoms with Gasteiger partial charge >= 0.3 is 0 Å². The molecular formula is C19H18F3NO3. The van der Waals surface area contributed by atoms with E-state index in [0.717, 1.165) is 6.08 Å². The van der Waals surface area contributed by atoms with Gasteiger partial charge in [0.25, 0.3) is 0 Å². The molecule has 2 aromatic carbocycles. The molecular weight excluding hydrogens is 347 g/mol. The quantitative estimate of drug-likeness (QED) is 0.578. The molecule has 0 unspecified atom stereocenters. The fourth-order valence-electron chi connectivity index (χ4n) is 2.14. The minimum absolute atomic E-state index is 0.371. The number of hydrogen-bond acceptors (Lipinski definition) is 3. The maximum Gasteiger partial charge on any atom is 0.248 e. The molecule has 1 amide bonds. The van der Waals surface area contributed by atoms with Gasteiger partial charge < -0.3 is 14.8 Å². The summed E-state index contributed by atoms with van der Waals surface area (Å²) < 4.78 is 50.5. The van der Waals surface area contributed by atoms with E-state index in [2.05, 4.69) is 5.32 Å². The van der Waals surface area contributed by atoms with E-state index in [1.807, 2.05) is 13.8 Å². The molecule has 0 heterocycles. The van der Waals surface area contributed by atoms with Crippen LogP contribution in [-0.2, 0) is 4.79 Å². The van der Waals surface area contributed by atoms with Crippen molar-refractivity contribution in [2.45, 2.75) is 13.8 Å². The number of amides is 1. The van der Waals surface area contributed by atoms with Crippen LogP contribution in [0.4, 0.5) is 18.9 Å². The third-order valence-corrected chi connectivity index (χ3v) is 3.26. The first-order valence-corrected chi connectivity index (χ1v) is 7.97. The monoisotopic (exact) mass is 365 g/mol. The number of carbonyl (C=O) groups excluding carboxylic acids is 1. The van der Waals surface area contributed by atoms with E-state index < -0.39 is 29.0 Å². The zero-order chi connectivity index (χ0) is 19.1. The lowest BCUT2D eigenvalue weighted by molar-refractivity contribution is -0.111. The van der Waals surface area contributed by atoms with Gasteiger partial charge in [-0.1, -0.05) is 6.07 Å². The van der Waals surface area contributed by atoms with E-state index in [1.54, 1.807) is 18.2 Å². The summed E-state index contributed by atoms with van der Waals surface area (Å²) in [5.41, 5.74) is 0.207. The number of ether oxygens (including phenoxy) is 2. The van der Waals surface area contributed by atoms with Crippen LogP contribution in [0.15, 0.2) is 36.4 Å². The average Bonchev–Trinajstić information content (AvgIpc) is 2.60. The molecule has 7 heteroatoms. The van der Waals surface area contributed by atoms with Crippen LogP contribution in [-0.4, -0.2) is 19.1 Å². The normalized spacial score (nSPS) is 10.8. The Morgan fingerprint density at radius 3 is 2.31 bits per heavy atom. The van der Waals surface area contributed by atoms with Crippen LogP contribution < -0.4 is 14.8 Å². The maximum atomic E-state index is 13.5. The Balaban J connectivity index is 2.12. The lowest BCUT2D eigenvalue weighted by Gasteiger charge is -2.11. The Morgan fingerprint density at radius 2 is 1.62 bits per heavy atom. The smallest absolute Gasteiger partial charge is 0.248 e. The molecule has 138 valence electrons. The molecule has 0 saturated heterocycles. The van der Waals surface area contributed by atoms with Crippen molar-refractivity contribution in [1.82, 2.24) is 0 Å². The number of rotatable bonds is 7. The minimum atomic E-state index is -1.33. The third-order valence-electron chi connectivity index (χ3n) is 3.26. The van der Waals surface area contributed by atoms with E-state index in [0.29, 0.717) is 42.4 Å². The molecule has 1 N–H and O–H groups in total. The molecule has 2 aromatic rings. The van der Waals surface area contributed by atoms with E-state index >= 15 is 0 Å². The highest BCUT2D eigenvalue weighted by Crippen LogP contribution is 2.29. The fraction of sp³-hybridized carbons (Fsp3) is 0.211. The van der Waals surface area contributed by atoms with Gasteiger partial charge in [0, 0.05) is 18.2 Å². The van der Waals surface area contributed by atoms with Crippen LogP contribution in [0, 0.1) is 17.5 Å². The molecule has 0 radical (unpaired) electrons. The predicted octanol–water partition coefficient (Wildman–Crippen LogP) is 4.55. The highest BCUT2D eigenvalue weighted by molar-refractivity contribution is 6.02. The number of anilines is 1. The summed E-state index contributed by atoms with van der Waals surface area (Å²) in [6.45, 7) is 4.62. The highest BCUT2D eigenvalue weighted by Gasteiger charge is 2.11. The molecule has 0 bridgehead atoms. The Labute approximate surface area is 149 Å². The third kappa shape index (κ3) is 5.02. The van der Waals surface area contributed by atoms with Crippen LogP contribution in [0.3, 0.4) is 0 Å². The second-order valence-electron chi connectivity index (χ2n) is 5.14. The van der Waals surface area contributed by atoms with Crippen LogP contribution in [0.1, 0.15) is 19.4 Å². The summed E-state index contributed by atoms with van der Waals surface area (Å²) in [5.74, 6) is -3.22. The number of nitrogens with one attached hydrogen (secondary N) is 1. The van der Waals surface area contributed by atoms with E-state index in [4.69, 9.17) is 9.47 Å². The maximum absolute atomic E-state index is 13.5. The molecule has 0 saturated carbocycles. The molecule has 0 aliphatic heterocycles. The fourth-order valence-corrected chi connectivity index (χ4v) is 2.14. The summed E-state index contributed by atoms with van der Waals surface area (Å²) in [6.07, 6.45) is 2.62. The molecule has 0 atom stereocenters. The van der Waals surface area contributed by atoms with E-state index in [-0.39, 0.29) is 0 Å². The lowest BCUT2D eigenvalue weighted by atomic mass is 10.2. The first kappa shape index (κ1) is 19.4. The standard InChI is InChI=1S/C19H18F3NO3/c1-3-25-17-7-5-12(9-18(17)26-4-2)6-8-19(24)23-16-11-14(21)13(20)10-15(16)22/h5-11H,3-4H2,1-2H3,(H,23,24)/b8-6+. The van der Waals surface area contributed by atoms with Crippen molar-refractivity contribution < 1.29 is 27.4 Å². The van der Waals surface area contributed by atoms with Crippen molar-refractivity contribution in [2.24, 2.45) is 0 Å². The van der Waals surface area contributed by atoms with Crippen LogP contribution in [0.25, 0.3) is 6.08 Å². The summed E-state index contributed by atoms with van der Waals surface area (Å²) in [5, 5.41) is 2.16. The van der Waals surface area contributed by atoms with Gasteiger partial charge in [-0.3, -0.25) is 4.79 Å². The molecule has 0 aliphatic carbocycles. The highest BCUT2D eigenvalue weighted by atomic mass is 19.2. The zero-order valence-corrected chi connectivity index (χ0v) is 14.3. The first-order valence-electron chi connectivity index (χ1n) is 7.97. The minimum Gasteiger partial charge on any atom is -0.490 e. The molecule has 4 nitrogen and oxygen atoms in total. The Morgan fingerprint density at radius 1 is 0.962 bits per heavy atom. The first-order chi connectivity index (χ1) is 12.4. The van der Waals surface area contributed by atoms with E-state index in [1.165, 1.54) is 6.08 Å². The van der Waals surface area contributed by atoms with Gasteiger partial charge in [-0.25, -0.2) is 13.2 Å². The molecule has 0 aromatic heterocycles. The van der Waals surface area contributed by atoms with Gasteiger partial charge in [0.05, 0.1) is 18.9 Å². The number of benzene rings is 2. The molecule has 2 rings (SSSR count). The summed E-state index contributed by atoms with van der Waals surface area (Å²) in [4.78, 5) is 11.9. The van der Waals surface area contributed by atoms with Crippen molar-refractivity contribution in [3.8, 4) is 11.5 Å². The van der Waals surface area contributed by atoms with Crippen molar-refractivity contribution >= 4 is 17.7 Å². The zero-order valence-electron chi connectivity index (χ0n) is 14.3. The van der Waals surface area contributed by atoms with Gasteiger partial charge in [-0.15, -0.1) is 0 Å². The molecule has 0 fully saturated rings. The van der Waals surface area contributed by atoms with Crippen LogP contribution >= 0.6 is 0 Å². The Bertz CT molecular complexity index is 822. The summed E-state index contributed by atoms with van der Waals surface area (Å²) in [7, 11) is 0. The second-order valence-corrected chi connectivity index (χ2v) is 5.14. The van der Waals surface area contributed by atoms with Crippen LogP contribution in [0.2, 0.25) is 0 Å². The van der Waals surface area contributed by atoms with Crippen LogP contribution in [0.5, 0.6) is 11.5 Å². The van der Waals surface area contributed by atoms with Gasteiger partial charge in [0.1, 0.15) is 5.82 Å². The number of hydrogen-bond donors (Lipinski definition) is 1. The van der Waals surface area contributed by atoms with Crippen molar-refractivity contribution in [2.75, 3.05) is 18.5 Å².